The minimum Gasteiger partial charge on any atom is -0.179 e. The van der Waals surface area contributed by atoms with Gasteiger partial charge in [-0.15, -0.1) is 10.2 Å². The number of rotatable bonds is 1. The van der Waals surface area contributed by atoms with Crippen molar-refractivity contribution >= 4 is 23.2 Å². The van der Waals surface area contributed by atoms with Gasteiger partial charge < -0.3 is 0 Å². The maximum Gasteiger partial charge on any atom is 0.190 e. The van der Waals surface area contributed by atoms with E-state index in [-0.39, 0.29) is 0 Å². The Labute approximate surface area is 80.7 Å². The van der Waals surface area contributed by atoms with Gasteiger partial charge >= 0.3 is 0 Å². The molecule has 1 saturated carbocycles. The summed E-state index contributed by atoms with van der Waals surface area (Å²) in [5.41, 5.74) is 0. The Balaban J connectivity index is 2.21. The first-order valence-electron chi connectivity index (χ1n) is 4.05. The Kier molecular flexibility index (Phi) is 2.24. The van der Waals surface area contributed by atoms with Crippen LogP contribution in [0.4, 0.5) is 0 Å². The monoisotopic (exact) mass is 205 g/mol. The summed E-state index contributed by atoms with van der Waals surface area (Å²) >= 11 is 11.4. The zero-order valence-electron chi connectivity index (χ0n) is 6.50. The van der Waals surface area contributed by atoms with Crippen molar-refractivity contribution in [1.82, 2.24) is 15.0 Å². The van der Waals surface area contributed by atoms with Crippen LogP contribution in [0.1, 0.15) is 31.7 Å². The third kappa shape index (κ3) is 1.43. The lowest BCUT2D eigenvalue weighted by Crippen LogP contribution is -2.08. The summed E-state index contributed by atoms with van der Waals surface area (Å²) in [6, 6.07) is 0.412. The summed E-state index contributed by atoms with van der Waals surface area (Å²) < 4.78 is 0. The first-order chi connectivity index (χ1) is 5.77. The molecular formula is C7H9Cl2N3. The Morgan fingerprint density at radius 2 is 1.58 bits per heavy atom. The van der Waals surface area contributed by atoms with Crippen LogP contribution >= 0.6 is 23.2 Å². The van der Waals surface area contributed by atoms with Gasteiger partial charge in [0.05, 0.1) is 6.04 Å². The highest BCUT2D eigenvalue weighted by molar-refractivity contribution is 6.40. The van der Waals surface area contributed by atoms with E-state index >= 15 is 0 Å². The van der Waals surface area contributed by atoms with Gasteiger partial charge in [-0.05, 0) is 12.8 Å². The van der Waals surface area contributed by atoms with E-state index in [1.54, 1.807) is 4.80 Å². The van der Waals surface area contributed by atoms with Gasteiger partial charge in [-0.1, -0.05) is 36.0 Å². The zero-order valence-corrected chi connectivity index (χ0v) is 8.02. The van der Waals surface area contributed by atoms with Gasteiger partial charge in [-0.2, -0.15) is 4.80 Å². The molecule has 0 amide bonds. The molecule has 2 rings (SSSR count). The lowest BCUT2D eigenvalue weighted by molar-refractivity contribution is 0.413. The smallest absolute Gasteiger partial charge is 0.179 e. The van der Waals surface area contributed by atoms with E-state index in [4.69, 9.17) is 23.2 Å². The molecule has 1 aliphatic rings. The fourth-order valence-electron chi connectivity index (χ4n) is 1.58. The molecule has 0 radical (unpaired) electrons. The minimum atomic E-state index is 0.309. The summed E-state index contributed by atoms with van der Waals surface area (Å²) in [7, 11) is 0. The summed E-state index contributed by atoms with van der Waals surface area (Å²) in [5.74, 6) is 0. The molecule has 0 saturated heterocycles. The summed E-state index contributed by atoms with van der Waals surface area (Å²) in [4.78, 5) is 1.65. The molecule has 12 heavy (non-hydrogen) atoms. The molecular weight excluding hydrogens is 197 g/mol. The van der Waals surface area contributed by atoms with Crippen LogP contribution in [-0.2, 0) is 0 Å². The fourth-order valence-corrected chi connectivity index (χ4v) is 1.81. The van der Waals surface area contributed by atoms with Crippen molar-refractivity contribution in [2.24, 2.45) is 0 Å². The van der Waals surface area contributed by atoms with Gasteiger partial charge in [0.15, 0.2) is 10.3 Å². The summed E-state index contributed by atoms with van der Waals surface area (Å²) in [6.45, 7) is 0. The molecule has 0 aliphatic heterocycles. The van der Waals surface area contributed by atoms with E-state index in [0.717, 1.165) is 12.8 Å². The molecule has 0 bridgehead atoms. The standard InChI is InChI=1S/C7H9Cl2N3/c8-6-7(9)11-12(10-6)5-3-1-2-4-5/h5H,1-4H2. The topological polar surface area (TPSA) is 30.7 Å². The second-order valence-corrected chi connectivity index (χ2v) is 3.76. The highest BCUT2D eigenvalue weighted by atomic mass is 35.5. The van der Waals surface area contributed by atoms with E-state index in [9.17, 15) is 0 Å². The number of hydrogen-bond acceptors (Lipinski definition) is 2. The largest absolute Gasteiger partial charge is 0.190 e. The van der Waals surface area contributed by atoms with E-state index < -0.39 is 0 Å². The normalized spacial score (nSPS) is 18.8. The van der Waals surface area contributed by atoms with Gasteiger partial charge in [-0.25, -0.2) is 0 Å². The molecule has 0 aromatic carbocycles. The van der Waals surface area contributed by atoms with Crippen LogP contribution in [0.15, 0.2) is 0 Å². The van der Waals surface area contributed by atoms with Crippen LogP contribution in [0.3, 0.4) is 0 Å². The van der Waals surface area contributed by atoms with E-state index in [2.05, 4.69) is 10.2 Å². The van der Waals surface area contributed by atoms with Crippen molar-refractivity contribution in [2.75, 3.05) is 0 Å². The molecule has 0 atom stereocenters. The molecule has 1 aromatic heterocycles. The van der Waals surface area contributed by atoms with Gasteiger partial charge in [0.25, 0.3) is 0 Å². The average Bonchev–Trinajstić information content (AvgIpc) is 2.61. The van der Waals surface area contributed by atoms with Crippen LogP contribution < -0.4 is 0 Å². The van der Waals surface area contributed by atoms with Crippen molar-refractivity contribution in [2.45, 2.75) is 31.7 Å². The van der Waals surface area contributed by atoms with E-state index in [0.29, 0.717) is 16.3 Å². The molecule has 0 N–H and O–H groups in total. The van der Waals surface area contributed by atoms with Crippen LogP contribution in [-0.4, -0.2) is 15.0 Å². The number of aromatic nitrogens is 3. The average molecular weight is 206 g/mol. The number of nitrogens with zero attached hydrogens (tertiary/aromatic N) is 3. The first-order valence-corrected chi connectivity index (χ1v) is 4.81. The van der Waals surface area contributed by atoms with Crippen molar-refractivity contribution in [1.29, 1.82) is 0 Å². The number of hydrogen-bond donors (Lipinski definition) is 0. The maximum atomic E-state index is 5.68. The Hall–Kier alpha value is -0.280. The van der Waals surface area contributed by atoms with Gasteiger partial charge in [0.2, 0.25) is 0 Å². The molecule has 3 nitrogen and oxygen atoms in total. The Morgan fingerprint density at radius 1 is 1.08 bits per heavy atom. The molecule has 1 aromatic rings. The zero-order chi connectivity index (χ0) is 8.55. The van der Waals surface area contributed by atoms with E-state index in [1.165, 1.54) is 12.8 Å². The maximum absolute atomic E-state index is 5.68. The molecule has 1 heterocycles. The summed E-state index contributed by atoms with van der Waals surface area (Å²) in [5, 5.41) is 8.68. The highest BCUT2D eigenvalue weighted by Crippen LogP contribution is 2.29. The lowest BCUT2D eigenvalue weighted by atomic mass is 10.3. The van der Waals surface area contributed by atoms with Crippen molar-refractivity contribution in [3.8, 4) is 0 Å². The lowest BCUT2D eigenvalue weighted by Gasteiger charge is -2.05. The van der Waals surface area contributed by atoms with Crippen molar-refractivity contribution in [3.05, 3.63) is 10.3 Å². The predicted molar refractivity (Wildman–Crippen MR) is 47.5 cm³/mol. The predicted octanol–water partition coefficient (Wildman–Crippen LogP) is 2.70. The number of halogens is 2. The van der Waals surface area contributed by atoms with Crippen LogP contribution in [0.2, 0.25) is 10.3 Å². The molecule has 0 spiro atoms. The third-order valence-electron chi connectivity index (χ3n) is 2.20. The third-order valence-corrected chi connectivity index (χ3v) is 2.81. The van der Waals surface area contributed by atoms with E-state index in [1.807, 2.05) is 0 Å². The first kappa shape index (κ1) is 8.32. The molecule has 1 aliphatic carbocycles. The minimum absolute atomic E-state index is 0.309. The van der Waals surface area contributed by atoms with Gasteiger partial charge in [0.1, 0.15) is 0 Å². The molecule has 66 valence electrons. The van der Waals surface area contributed by atoms with Crippen LogP contribution in [0.5, 0.6) is 0 Å². The Bertz CT molecular complexity index is 259. The van der Waals surface area contributed by atoms with Crippen molar-refractivity contribution in [3.63, 3.8) is 0 Å². The SMILES string of the molecule is Clc1nn(C2CCCC2)nc1Cl. The van der Waals surface area contributed by atoms with Gasteiger partial charge in [-0.3, -0.25) is 0 Å². The molecule has 1 fully saturated rings. The van der Waals surface area contributed by atoms with Crippen molar-refractivity contribution < 1.29 is 0 Å². The summed E-state index contributed by atoms with van der Waals surface area (Å²) in [6.07, 6.45) is 4.78. The Morgan fingerprint density at radius 3 is 2.08 bits per heavy atom. The second-order valence-electron chi connectivity index (χ2n) is 3.04. The molecule has 5 heteroatoms. The van der Waals surface area contributed by atoms with Crippen LogP contribution in [0, 0.1) is 0 Å². The quantitative estimate of drug-likeness (QED) is 0.707. The highest BCUT2D eigenvalue weighted by Gasteiger charge is 2.20. The fraction of sp³-hybridized carbons (Fsp3) is 0.714. The second kappa shape index (κ2) is 3.23. The van der Waals surface area contributed by atoms with Gasteiger partial charge in [0, 0.05) is 0 Å². The van der Waals surface area contributed by atoms with Crippen LogP contribution in [0.25, 0.3) is 0 Å². The molecule has 0 unspecified atom stereocenters.